The summed E-state index contributed by atoms with van der Waals surface area (Å²) in [6, 6.07) is 82.7. The lowest BCUT2D eigenvalue weighted by Gasteiger charge is -2.36. The molecule has 0 amide bonds. The van der Waals surface area contributed by atoms with Crippen LogP contribution in [0.25, 0.3) is 68.7 Å². The van der Waals surface area contributed by atoms with Gasteiger partial charge in [0.2, 0.25) is 0 Å². The molecule has 1 aromatic heterocycles. The van der Waals surface area contributed by atoms with Gasteiger partial charge < -0.3 is 9.47 Å². The molecule has 0 spiro atoms. The molecule has 0 N–H and O–H groups in total. The zero-order valence-corrected chi connectivity index (χ0v) is 50.9. The van der Waals surface area contributed by atoms with Gasteiger partial charge in [-0.15, -0.1) is 0 Å². The van der Waals surface area contributed by atoms with Crippen molar-refractivity contribution in [3.63, 3.8) is 0 Å². The average molecular weight is 1120 g/mol. The van der Waals surface area contributed by atoms with Gasteiger partial charge in [0.25, 0.3) is 0 Å². The van der Waals surface area contributed by atoms with E-state index >= 15 is 0 Å². The predicted molar refractivity (Wildman–Crippen MR) is 369 cm³/mol. The molecule has 0 saturated heterocycles. The highest BCUT2D eigenvalue weighted by molar-refractivity contribution is 5.90. The van der Waals surface area contributed by atoms with Crippen molar-refractivity contribution in [1.82, 2.24) is 4.57 Å². The van der Waals surface area contributed by atoms with Gasteiger partial charge in [-0.3, -0.25) is 0 Å². The Morgan fingerprint density at radius 1 is 0.628 bits per heavy atom. The van der Waals surface area contributed by atoms with Crippen molar-refractivity contribution in [2.24, 2.45) is 11.8 Å². The number of para-hydroxylation sites is 1. The molecule has 10 aromatic rings. The van der Waals surface area contributed by atoms with Crippen LogP contribution in [-0.2, 0) is 17.3 Å². The summed E-state index contributed by atoms with van der Waals surface area (Å²) in [7, 11) is 0. The zero-order chi connectivity index (χ0) is 58.9. The van der Waals surface area contributed by atoms with Gasteiger partial charge in [-0.25, -0.2) is 0 Å². The third kappa shape index (κ3) is 10.7. The monoisotopic (exact) mass is 1120 g/mol. The topological polar surface area (TPSA) is 8.17 Å². The molecule has 1 heterocycles. The van der Waals surface area contributed by atoms with Crippen LogP contribution in [0.4, 0.5) is 11.4 Å². The third-order valence-electron chi connectivity index (χ3n) is 19.3. The van der Waals surface area contributed by atoms with Crippen LogP contribution in [0.1, 0.15) is 136 Å². The van der Waals surface area contributed by atoms with E-state index in [0.29, 0.717) is 5.92 Å². The summed E-state index contributed by atoms with van der Waals surface area (Å²) in [6.07, 6.45) is 22.4. The summed E-state index contributed by atoms with van der Waals surface area (Å²) in [5, 5.41) is 3.89. The Hall–Kier alpha value is -8.98. The molecule has 4 atom stereocenters. The lowest BCUT2D eigenvalue weighted by atomic mass is 9.69. The molecular formula is C84H80N2. The van der Waals surface area contributed by atoms with Crippen LogP contribution in [0.15, 0.2) is 249 Å². The maximum Gasteiger partial charge on any atom is 0.0541 e. The molecule has 426 valence electrons. The molecule has 86 heavy (non-hydrogen) atoms. The van der Waals surface area contributed by atoms with Gasteiger partial charge >= 0.3 is 0 Å². The summed E-state index contributed by atoms with van der Waals surface area (Å²) in [5.41, 5.74) is 24.3. The molecular weight excluding hydrogens is 1040 g/mol. The third-order valence-corrected chi connectivity index (χ3v) is 19.3. The number of anilines is 2. The summed E-state index contributed by atoms with van der Waals surface area (Å²) < 4.78 is 2.47. The van der Waals surface area contributed by atoms with Crippen molar-refractivity contribution >= 4 is 52.2 Å². The number of rotatable bonds is 18. The molecule has 0 radical (unpaired) electrons. The fourth-order valence-electron chi connectivity index (χ4n) is 14.5. The molecule has 13 rings (SSSR count). The van der Waals surface area contributed by atoms with Crippen molar-refractivity contribution in [2.45, 2.75) is 103 Å². The lowest BCUT2D eigenvalue weighted by Crippen LogP contribution is -2.31. The number of unbranched alkanes of at least 4 members (excludes halogenated alkanes) is 1. The number of benzene rings is 9. The molecule has 0 saturated carbocycles. The van der Waals surface area contributed by atoms with Crippen LogP contribution in [0, 0.1) is 11.8 Å². The standard InChI is InChI=1S/C84H80N2/c1-8-59-28-30-62(31-29-59)54-61(10-3)21-19-20-52-84(69-22-13-11-14-23-69)79-27-18-17-26-75(79)76-49-47-73(57-80(76)84)85(71-44-38-64(39-45-71)63-36-42-68(43-37-63)83(5,6)7)72-46-48-74(58(4)53-72)67-41-51-82-78(56-67)77-55-66(65-34-32-60(9-2)33-35-65)40-50-81(77)86(82)70-24-15-12-16-25-70/h8-9,11-18,22-39,41-51,55-58,61,66H,1-2,10,19-21,40,52-54H2,3-7H3. The van der Waals surface area contributed by atoms with E-state index in [9.17, 15) is 0 Å². The molecule has 0 fully saturated rings. The minimum absolute atomic E-state index is 0.0929. The van der Waals surface area contributed by atoms with Crippen LogP contribution >= 0.6 is 0 Å². The normalized spacial score (nSPS) is 17.3. The molecule has 3 aliphatic rings. The van der Waals surface area contributed by atoms with Crippen LogP contribution in [0.3, 0.4) is 0 Å². The Morgan fingerprint density at radius 3 is 1.95 bits per heavy atom. The Balaban J connectivity index is 0.901. The number of hydrogen-bond acceptors (Lipinski definition) is 1. The van der Waals surface area contributed by atoms with Crippen molar-refractivity contribution in [3.05, 3.63) is 310 Å². The van der Waals surface area contributed by atoms with E-state index in [1.807, 2.05) is 12.2 Å². The Bertz CT molecular complexity index is 4300. The van der Waals surface area contributed by atoms with Gasteiger partial charge in [-0.05, 0) is 175 Å². The second kappa shape index (κ2) is 23.8. The molecule has 3 aliphatic carbocycles. The van der Waals surface area contributed by atoms with Crippen LogP contribution in [-0.4, -0.2) is 4.57 Å². The molecule has 9 aromatic carbocycles. The Labute approximate surface area is 511 Å². The second-order valence-corrected chi connectivity index (χ2v) is 25.6. The van der Waals surface area contributed by atoms with Gasteiger partial charge in [-0.1, -0.05) is 274 Å². The first kappa shape index (κ1) is 56.2. The predicted octanol–water partition coefficient (Wildman–Crippen LogP) is 20.9. The number of allylic oxidation sites excluding steroid dienone is 4. The van der Waals surface area contributed by atoms with Crippen molar-refractivity contribution in [1.29, 1.82) is 0 Å². The Morgan fingerprint density at radius 2 is 1.27 bits per heavy atom. The minimum atomic E-state index is -0.315. The number of aromatic nitrogens is 1. The highest BCUT2D eigenvalue weighted by Gasteiger charge is 2.44. The maximum atomic E-state index is 4.01. The maximum absolute atomic E-state index is 4.01. The van der Waals surface area contributed by atoms with Crippen molar-refractivity contribution in [2.75, 3.05) is 4.90 Å². The highest BCUT2D eigenvalue weighted by atomic mass is 15.1. The number of fused-ring (bicyclic) bond motifs is 6. The molecule has 2 heteroatoms. The molecule has 0 bridgehead atoms. The average Bonchev–Trinajstić information content (AvgIpc) is 1.60. The summed E-state index contributed by atoms with van der Waals surface area (Å²) >= 11 is 0. The van der Waals surface area contributed by atoms with E-state index in [2.05, 4.69) is 300 Å². The Kier molecular flexibility index (Phi) is 15.6. The quantitative estimate of drug-likeness (QED) is 0.0778. The fourth-order valence-corrected chi connectivity index (χ4v) is 14.5. The van der Waals surface area contributed by atoms with Crippen LogP contribution < -0.4 is 15.5 Å². The fraction of sp³-hybridized carbons (Fsp3) is 0.214. The molecule has 2 nitrogen and oxygen atoms in total. The van der Waals surface area contributed by atoms with Crippen molar-refractivity contribution in [3.8, 4) is 27.9 Å². The van der Waals surface area contributed by atoms with E-state index < -0.39 is 0 Å². The molecule has 0 aliphatic heterocycles. The zero-order valence-electron chi connectivity index (χ0n) is 50.9. The first-order chi connectivity index (χ1) is 42.0. The van der Waals surface area contributed by atoms with E-state index in [0.717, 1.165) is 43.4 Å². The summed E-state index contributed by atoms with van der Waals surface area (Å²) in [6.45, 7) is 19.7. The SMILES string of the molecule is C=Cc1ccc(CC(CC)CCCCC2(c3ccccc3)c3ccccc3-c3ccc(N(C4=CC=C(c5ccc6c(c5)c5c(n6-c6ccccc6)=CCC(c6ccc(C=C)cc6)C=5)C(C)C4)c4ccc(-c5ccc(C(C)(C)C)cc5)cc4)cc32)cc1. The van der Waals surface area contributed by atoms with E-state index in [1.165, 1.54) is 130 Å². The van der Waals surface area contributed by atoms with Gasteiger partial charge in [-0.2, -0.15) is 0 Å². The van der Waals surface area contributed by atoms with Crippen LogP contribution in [0.2, 0.25) is 0 Å². The van der Waals surface area contributed by atoms with Gasteiger partial charge in [0.1, 0.15) is 0 Å². The first-order valence-corrected chi connectivity index (χ1v) is 31.6. The van der Waals surface area contributed by atoms with Crippen molar-refractivity contribution < 1.29 is 0 Å². The lowest BCUT2D eigenvalue weighted by molar-refractivity contribution is 0.423. The second-order valence-electron chi connectivity index (χ2n) is 25.6. The number of nitrogens with zero attached hydrogens (tertiary/aromatic N) is 2. The summed E-state index contributed by atoms with van der Waals surface area (Å²) in [5.74, 6) is 1.17. The van der Waals surface area contributed by atoms with Gasteiger partial charge in [0.05, 0.1) is 5.52 Å². The minimum Gasteiger partial charge on any atom is -0.314 e. The van der Waals surface area contributed by atoms with Gasteiger partial charge in [0, 0.05) is 50.0 Å². The summed E-state index contributed by atoms with van der Waals surface area (Å²) in [4.78, 5) is 2.58. The van der Waals surface area contributed by atoms with Gasteiger partial charge in [0.15, 0.2) is 0 Å². The molecule has 4 unspecified atom stereocenters. The van der Waals surface area contributed by atoms with E-state index in [4.69, 9.17) is 0 Å². The number of hydrogen-bond donors (Lipinski definition) is 0. The van der Waals surface area contributed by atoms with Crippen LogP contribution in [0.5, 0.6) is 0 Å². The first-order valence-electron chi connectivity index (χ1n) is 31.6. The highest BCUT2D eigenvalue weighted by Crippen LogP contribution is 2.56. The van der Waals surface area contributed by atoms with E-state index in [-0.39, 0.29) is 22.7 Å². The smallest absolute Gasteiger partial charge is 0.0541 e. The van der Waals surface area contributed by atoms with E-state index in [1.54, 1.807) is 0 Å². The largest absolute Gasteiger partial charge is 0.314 e.